The van der Waals surface area contributed by atoms with Crippen molar-refractivity contribution in [2.75, 3.05) is 31.6 Å². The van der Waals surface area contributed by atoms with Crippen LogP contribution in [0.25, 0.3) is 10.9 Å². The summed E-state index contributed by atoms with van der Waals surface area (Å²) in [4.78, 5) is 26.5. The molecule has 2 aliphatic rings. The first kappa shape index (κ1) is 21.5. The molecule has 1 spiro atoms. The fourth-order valence-electron chi connectivity index (χ4n) is 5.28. The number of piperidine rings is 1. The summed E-state index contributed by atoms with van der Waals surface area (Å²) < 4.78 is 13.7. The van der Waals surface area contributed by atoms with Gasteiger partial charge in [0.05, 0.1) is 24.5 Å². The fourth-order valence-corrected chi connectivity index (χ4v) is 5.28. The first-order valence-corrected chi connectivity index (χ1v) is 11.6. The third-order valence-electron chi connectivity index (χ3n) is 6.88. The zero-order chi connectivity index (χ0) is 23.0. The van der Waals surface area contributed by atoms with Gasteiger partial charge in [0, 0.05) is 36.7 Å². The minimum Gasteiger partial charge on any atom is -0.462 e. The highest BCUT2D eigenvalue weighted by molar-refractivity contribution is 5.92. The SMILES string of the molecule is CCOC(=O)c1ccc(NC(=O)N2CCC3(CC2)OCCc2c3n(C)c3ccccc23)cc1. The average molecular weight is 448 g/mol. The van der Waals surface area contributed by atoms with E-state index in [2.05, 4.69) is 41.2 Å². The second kappa shape index (κ2) is 8.56. The van der Waals surface area contributed by atoms with Crippen LogP contribution in [0.3, 0.4) is 0 Å². The maximum atomic E-state index is 12.9. The Morgan fingerprint density at radius 2 is 1.82 bits per heavy atom. The van der Waals surface area contributed by atoms with Gasteiger partial charge in [-0.15, -0.1) is 0 Å². The van der Waals surface area contributed by atoms with Crippen molar-refractivity contribution in [1.82, 2.24) is 9.47 Å². The van der Waals surface area contributed by atoms with Gasteiger partial charge in [-0.25, -0.2) is 9.59 Å². The van der Waals surface area contributed by atoms with Gasteiger partial charge in [-0.3, -0.25) is 0 Å². The molecule has 2 aromatic carbocycles. The smallest absolute Gasteiger partial charge is 0.338 e. The number of aromatic nitrogens is 1. The summed E-state index contributed by atoms with van der Waals surface area (Å²) in [5, 5.41) is 4.25. The molecule has 3 heterocycles. The lowest BCUT2D eigenvalue weighted by molar-refractivity contribution is -0.0963. The van der Waals surface area contributed by atoms with Crippen molar-refractivity contribution in [3.05, 3.63) is 65.4 Å². The number of carbonyl (C=O) groups is 2. The Morgan fingerprint density at radius 3 is 2.55 bits per heavy atom. The van der Waals surface area contributed by atoms with E-state index >= 15 is 0 Å². The van der Waals surface area contributed by atoms with Gasteiger partial charge in [-0.1, -0.05) is 18.2 Å². The monoisotopic (exact) mass is 447 g/mol. The second-order valence-electron chi connectivity index (χ2n) is 8.71. The minimum atomic E-state index is -0.364. The van der Waals surface area contributed by atoms with Crippen LogP contribution in [0.1, 0.15) is 41.4 Å². The van der Waals surface area contributed by atoms with Crippen LogP contribution in [0.2, 0.25) is 0 Å². The number of rotatable bonds is 3. The van der Waals surface area contributed by atoms with E-state index in [1.54, 1.807) is 31.2 Å². The number of para-hydroxylation sites is 1. The van der Waals surface area contributed by atoms with Crippen molar-refractivity contribution in [2.45, 2.75) is 31.8 Å². The molecule has 7 nitrogen and oxygen atoms in total. The minimum absolute atomic E-state index is 0.137. The number of esters is 1. The first-order valence-electron chi connectivity index (χ1n) is 11.6. The highest BCUT2D eigenvalue weighted by Gasteiger charge is 2.44. The molecule has 5 rings (SSSR count). The number of carbonyl (C=O) groups excluding carboxylic acids is 2. The zero-order valence-corrected chi connectivity index (χ0v) is 19.1. The summed E-state index contributed by atoms with van der Waals surface area (Å²) in [5.41, 5.74) is 4.66. The Bertz CT molecular complexity index is 1190. The van der Waals surface area contributed by atoms with Crippen LogP contribution in [-0.4, -0.2) is 47.8 Å². The molecule has 3 aromatic rings. The van der Waals surface area contributed by atoms with Crippen molar-refractivity contribution in [3.63, 3.8) is 0 Å². The van der Waals surface area contributed by atoms with Crippen molar-refractivity contribution in [2.24, 2.45) is 7.05 Å². The van der Waals surface area contributed by atoms with Gasteiger partial charge in [0.15, 0.2) is 0 Å². The van der Waals surface area contributed by atoms with E-state index in [1.165, 1.54) is 22.2 Å². The number of benzene rings is 2. The maximum Gasteiger partial charge on any atom is 0.338 e. The van der Waals surface area contributed by atoms with Gasteiger partial charge in [-0.05, 0) is 62.1 Å². The van der Waals surface area contributed by atoms with E-state index in [4.69, 9.17) is 9.47 Å². The normalized spacial score (nSPS) is 17.1. The number of nitrogens with one attached hydrogen (secondary N) is 1. The molecular weight excluding hydrogens is 418 g/mol. The summed E-state index contributed by atoms with van der Waals surface area (Å²) in [7, 11) is 2.12. The number of hydrogen-bond donors (Lipinski definition) is 1. The molecule has 1 saturated heterocycles. The van der Waals surface area contributed by atoms with Crippen LogP contribution >= 0.6 is 0 Å². The number of anilines is 1. The zero-order valence-electron chi connectivity index (χ0n) is 19.1. The van der Waals surface area contributed by atoms with E-state index in [0.717, 1.165) is 19.3 Å². The number of nitrogens with zero attached hydrogens (tertiary/aromatic N) is 2. The maximum absolute atomic E-state index is 12.9. The lowest BCUT2D eigenvalue weighted by Gasteiger charge is -2.44. The van der Waals surface area contributed by atoms with E-state index in [1.807, 2.05) is 4.90 Å². The third-order valence-corrected chi connectivity index (χ3v) is 6.88. The Hall–Kier alpha value is -3.32. The number of ether oxygens (including phenoxy) is 2. The Balaban J connectivity index is 1.28. The molecule has 172 valence electrons. The number of amides is 2. The van der Waals surface area contributed by atoms with Crippen LogP contribution in [-0.2, 0) is 28.5 Å². The summed E-state index contributed by atoms with van der Waals surface area (Å²) >= 11 is 0. The summed E-state index contributed by atoms with van der Waals surface area (Å²) in [6, 6.07) is 15.2. The fraction of sp³-hybridized carbons (Fsp3) is 0.385. The molecule has 1 N–H and O–H groups in total. The van der Waals surface area contributed by atoms with Gasteiger partial charge >= 0.3 is 12.0 Å². The average Bonchev–Trinajstić information content (AvgIpc) is 3.14. The molecule has 1 fully saturated rings. The largest absolute Gasteiger partial charge is 0.462 e. The van der Waals surface area contributed by atoms with E-state index < -0.39 is 0 Å². The lowest BCUT2D eigenvalue weighted by atomic mass is 9.83. The quantitative estimate of drug-likeness (QED) is 0.602. The standard InChI is InChI=1S/C26H29N3O4/c1-3-32-24(30)18-8-10-19(11-9-18)27-25(31)29-15-13-26(14-16-29)23-21(12-17-33-26)20-6-4-5-7-22(20)28(23)2/h4-11H,3,12-17H2,1-2H3,(H,27,31). The molecule has 0 saturated carbocycles. The lowest BCUT2D eigenvalue weighted by Crippen LogP contribution is -2.50. The summed E-state index contributed by atoms with van der Waals surface area (Å²) in [6.45, 7) is 4.05. The van der Waals surface area contributed by atoms with Crippen LogP contribution < -0.4 is 5.32 Å². The number of hydrogen-bond acceptors (Lipinski definition) is 4. The number of fused-ring (bicyclic) bond motifs is 4. The van der Waals surface area contributed by atoms with Crippen LogP contribution in [0, 0.1) is 0 Å². The Morgan fingerprint density at radius 1 is 1.09 bits per heavy atom. The van der Waals surface area contributed by atoms with Crippen molar-refractivity contribution in [1.29, 1.82) is 0 Å². The van der Waals surface area contributed by atoms with Crippen molar-refractivity contribution in [3.8, 4) is 0 Å². The number of aryl methyl sites for hydroxylation is 1. The molecule has 2 amide bonds. The highest BCUT2D eigenvalue weighted by atomic mass is 16.5. The molecule has 0 radical (unpaired) electrons. The molecule has 7 heteroatoms. The van der Waals surface area contributed by atoms with Gasteiger partial charge in [0.2, 0.25) is 0 Å². The van der Waals surface area contributed by atoms with E-state index in [9.17, 15) is 9.59 Å². The molecular formula is C26H29N3O4. The second-order valence-corrected chi connectivity index (χ2v) is 8.71. The predicted octanol–water partition coefficient (Wildman–Crippen LogP) is 4.45. The van der Waals surface area contributed by atoms with Gasteiger partial charge in [-0.2, -0.15) is 0 Å². The van der Waals surface area contributed by atoms with Crippen LogP contribution in [0.15, 0.2) is 48.5 Å². The highest BCUT2D eigenvalue weighted by Crippen LogP contribution is 2.44. The van der Waals surface area contributed by atoms with E-state index in [-0.39, 0.29) is 17.6 Å². The first-order chi connectivity index (χ1) is 16.0. The molecule has 0 bridgehead atoms. The van der Waals surface area contributed by atoms with E-state index in [0.29, 0.717) is 37.6 Å². The Labute approximate surface area is 193 Å². The van der Waals surface area contributed by atoms with Gasteiger partial charge < -0.3 is 24.3 Å². The molecule has 0 atom stereocenters. The summed E-state index contributed by atoms with van der Waals surface area (Å²) in [5.74, 6) is -0.364. The molecule has 1 aromatic heterocycles. The molecule has 0 aliphatic carbocycles. The molecule has 2 aliphatic heterocycles. The summed E-state index contributed by atoms with van der Waals surface area (Å²) in [6.07, 6.45) is 2.45. The molecule has 0 unspecified atom stereocenters. The van der Waals surface area contributed by atoms with Crippen molar-refractivity contribution >= 4 is 28.6 Å². The predicted molar refractivity (Wildman–Crippen MR) is 126 cm³/mol. The van der Waals surface area contributed by atoms with Gasteiger partial charge in [0.1, 0.15) is 5.60 Å². The van der Waals surface area contributed by atoms with Gasteiger partial charge in [0.25, 0.3) is 0 Å². The van der Waals surface area contributed by atoms with Crippen LogP contribution in [0.4, 0.5) is 10.5 Å². The number of urea groups is 1. The topological polar surface area (TPSA) is 72.8 Å². The molecule has 33 heavy (non-hydrogen) atoms. The third kappa shape index (κ3) is 3.76. The van der Waals surface area contributed by atoms with Crippen LogP contribution in [0.5, 0.6) is 0 Å². The number of likely N-dealkylation sites (tertiary alicyclic amines) is 1. The van der Waals surface area contributed by atoms with Crippen molar-refractivity contribution < 1.29 is 19.1 Å². The Kier molecular flexibility index (Phi) is 5.58.